The van der Waals surface area contributed by atoms with Crippen LogP contribution in [0.5, 0.6) is 0 Å². The van der Waals surface area contributed by atoms with Crippen molar-refractivity contribution in [2.45, 2.75) is 39.2 Å². The maximum atomic E-state index is 12.2. The molecule has 0 radical (unpaired) electrons. The normalized spacial score (nSPS) is 26.1. The van der Waals surface area contributed by atoms with E-state index in [1.165, 1.54) is 0 Å². The summed E-state index contributed by atoms with van der Waals surface area (Å²) in [4.78, 5) is 24.3. The lowest BCUT2D eigenvalue weighted by Crippen LogP contribution is -2.47. The van der Waals surface area contributed by atoms with Crippen molar-refractivity contribution in [3.8, 4) is 0 Å². The number of carbonyl (C=O) groups excluding carboxylic acids is 2. The second-order valence-corrected chi connectivity index (χ2v) is 6.70. The van der Waals surface area contributed by atoms with Crippen molar-refractivity contribution in [1.29, 1.82) is 0 Å². The highest BCUT2D eigenvalue weighted by atomic mass is 16.5. The van der Waals surface area contributed by atoms with Gasteiger partial charge in [-0.1, -0.05) is 13.8 Å². The first-order valence-corrected chi connectivity index (χ1v) is 8.29. The van der Waals surface area contributed by atoms with Crippen molar-refractivity contribution in [2.75, 3.05) is 33.0 Å². The van der Waals surface area contributed by atoms with E-state index in [-0.39, 0.29) is 29.7 Å². The van der Waals surface area contributed by atoms with Gasteiger partial charge in [-0.25, -0.2) is 0 Å². The van der Waals surface area contributed by atoms with Gasteiger partial charge in [-0.3, -0.25) is 9.59 Å². The number of hydrogen-bond acceptors (Lipinski definition) is 4. The number of rotatable bonds is 7. The lowest BCUT2D eigenvalue weighted by Gasteiger charge is -2.23. The van der Waals surface area contributed by atoms with Gasteiger partial charge in [0.15, 0.2) is 0 Å². The van der Waals surface area contributed by atoms with Crippen LogP contribution in [0.25, 0.3) is 0 Å². The van der Waals surface area contributed by atoms with Gasteiger partial charge in [-0.2, -0.15) is 0 Å². The predicted molar refractivity (Wildman–Crippen MR) is 82.2 cm³/mol. The maximum absolute atomic E-state index is 12.2. The second kappa shape index (κ2) is 8.48. The topological polar surface area (TPSA) is 76.7 Å². The molecule has 6 heteroatoms. The van der Waals surface area contributed by atoms with Crippen LogP contribution >= 0.6 is 0 Å². The Hall–Kier alpha value is -1.14. The molecule has 22 heavy (non-hydrogen) atoms. The SMILES string of the molecule is CC(C)CC(CNC(=O)C1CCOC1)NC(=O)C1CCOC1. The van der Waals surface area contributed by atoms with Crippen LogP contribution < -0.4 is 10.6 Å². The van der Waals surface area contributed by atoms with Crippen LogP contribution in [0, 0.1) is 17.8 Å². The second-order valence-electron chi connectivity index (χ2n) is 6.70. The minimum Gasteiger partial charge on any atom is -0.381 e. The molecule has 3 atom stereocenters. The minimum atomic E-state index is -0.0476. The van der Waals surface area contributed by atoms with Gasteiger partial charge in [-0.15, -0.1) is 0 Å². The van der Waals surface area contributed by atoms with Crippen LogP contribution in [0.1, 0.15) is 33.1 Å². The van der Waals surface area contributed by atoms with Crippen LogP contribution in [0.4, 0.5) is 0 Å². The van der Waals surface area contributed by atoms with Crippen LogP contribution in [-0.2, 0) is 19.1 Å². The lowest BCUT2D eigenvalue weighted by molar-refractivity contribution is -0.127. The van der Waals surface area contributed by atoms with E-state index in [1.54, 1.807) is 0 Å². The Labute approximate surface area is 132 Å². The Balaban J connectivity index is 1.79. The summed E-state index contributed by atoms with van der Waals surface area (Å²) in [6.07, 6.45) is 2.42. The summed E-state index contributed by atoms with van der Waals surface area (Å²) in [6.45, 7) is 7.04. The quantitative estimate of drug-likeness (QED) is 0.726. The third-order valence-electron chi connectivity index (χ3n) is 4.23. The molecule has 2 heterocycles. The van der Waals surface area contributed by atoms with E-state index in [0.717, 1.165) is 19.3 Å². The molecule has 0 aromatic carbocycles. The molecule has 2 N–H and O–H groups in total. The Bertz CT molecular complexity index is 374. The molecule has 2 fully saturated rings. The summed E-state index contributed by atoms with van der Waals surface area (Å²) in [5, 5.41) is 6.03. The molecule has 126 valence electrons. The van der Waals surface area contributed by atoms with Crippen LogP contribution in [0.15, 0.2) is 0 Å². The smallest absolute Gasteiger partial charge is 0.225 e. The molecule has 0 bridgehead atoms. The van der Waals surface area contributed by atoms with E-state index >= 15 is 0 Å². The highest BCUT2D eigenvalue weighted by Crippen LogP contribution is 2.14. The van der Waals surface area contributed by atoms with Crippen LogP contribution in [0.3, 0.4) is 0 Å². The van der Waals surface area contributed by atoms with Crippen molar-refractivity contribution >= 4 is 11.8 Å². The first kappa shape index (κ1) is 17.2. The molecule has 2 amide bonds. The maximum Gasteiger partial charge on any atom is 0.225 e. The summed E-state index contributed by atoms with van der Waals surface area (Å²) in [7, 11) is 0. The van der Waals surface area contributed by atoms with Crippen molar-refractivity contribution < 1.29 is 19.1 Å². The van der Waals surface area contributed by atoms with Gasteiger partial charge in [0.1, 0.15) is 0 Å². The summed E-state index contributed by atoms with van der Waals surface area (Å²) in [6, 6.07) is -0.0284. The summed E-state index contributed by atoms with van der Waals surface area (Å²) in [5.41, 5.74) is 0. The first-order chi connectivity index (χ1) is 10.6. The summed E-state index contributed by atoms with van der Waals surface area (Å²) >= 11 is 0. The van der Waals surface area contributed by atoms with E-state index in [2.05, 4.69) is 24.5 Å². The fourth-order valence-electron chi connectivity index (χ4n) is 2.93. The standard InChI is InChI=1S/C16H28N2O4/c1-11(2)7-14(18-16(20)13-4-6-22-10-13)8-17-15(19)12-3-5-21-9-12/h11-14H,3-10H2,1-2H3,(H,17,19)(H,18,20). The molecule has 2 rings (SSSR count). The van der Waals surface area contributed by atoms with E-state index in [4.69, 9.17) is 9.47 Å². The molecule has 2 aliphatic rings. The fourth-order valence-corrected chi connectivity index (χ4v) is 2.93. The highest BCUT2D eigenvalue weighted by Gasteiger charge is 2.27. The van der Waals surface area contributed by atoms with Crippen molar-refractivity contribution in [1.82, 2.24) is 10.6 Å². The lowest BCUT2D eigenvalue weighted by atomic mass is 10.0. The Morgan fingerprint density at radius 2 is 1.64 bits per heavy atom. The molecule has 0 aromatic rings. The van der Waals surface area contributed by atoms with E-state index in [9.17, 15) is 9.59 Å². The zero-order chi connectivity index (χ0) is 15.9. The van der Waals surface area contributed by atoms with Crippen LogP contribution in [-0.4, -0.2) is 50.8 Å². The number of hydrogen-bond donors (Lipinski definition) is 2. The number of carbonyl (C=O) groups is 2. The average Bonchev–Trinajstić information content (AvgIpc) is 3.15. The fraction of sp³-hybridized carbons (Fsp3) is 0.875. The van der Waals surface area contributed by atoms with E-state index in [0.29, 0.717) is 38.9 Å². The first-order valence-electron chi connectivity index (χ1n) is 8.29. The summed E-state index contributed by atoms with van der Waals surface area (Å²) in [5.74, 6) is 0.440. The molecule has 0 aliphatic carbocycles. The molecule has 2 aliphatic heterocycles. The highest BCUT2D eigenvalue weighted by molar-refractivity contribution is 5.80. The summed E-state index contributed by atoms with van der Waals surface area (Å²) < 4.78 is 10.5. The van der Waals surface area contributed by atoms with Gasteiger partial charge in [-0.05, 0) is 25.2 Å². The third-order valence-corrected chi connectivity index (χ3v) is 4.23. The van der Waals surface area contributed by atoms with E-state index < -0.39 is 0 Å². The van der Waals surface area contributed by atoms with Gasteiger partial charge in [0.05, 0.1) is 25.0 Å². The van der Waals surface area contributed by atoms with Gasteiger partial charge in [0.2, 0.25) is 11.8 Å². The largest absolute Gasteiger partial charge is 0.381 e. The van der Waals surface area contributed by atoms with Gasteiger partial charge >= 0.3 is 0 Å². The zero-order valence-corrected chi connectivity index (χ0v) is 13.6. The number of amides is 2. The molecule has 0 spiro atoms. The Morgan fingerprint density at radius 3 is 2.14 bits per heavy atom. The zero-order valence-electron chi connectivity index (χ0n) is 13.6. The monoisotopic (exact) mass is 312 g/mol. The van der Waals surface area contributed by atoms with Gasteiger partial charge in [0, 0.05) is 25.8 Å². The molecule has 3 unspecified atom stereocenters. The van der Waals surface area contributed by atoms with Crippen molar-refractivity contribution in [2.24, 2.45) is 17.8 Å². The average molecular weight is 312 g/mol. The van der Waals surface area contributed by atoms with Crippen molar-refractivity contribution in [3.63, 3.8) is 0 Å². The predicted octanol–water partition coefficient (Wildman–Crippen LogP) is 0.707. The molecule has 2 saturated heterocycles. The number of ether oxygens (including phenoxy) is 2. The third kappa shape index (κ3) is 5.25. The molecular weight excluding hydrogens is 284 g/mol. The Kier molecular flexibility index (Phi) is 6.64. The van der Waals surface area contributed by atoms with Crippen LogP contribution in [0.2, 0.25) is 0 Å². The number of nitrogens with one attached hydrogen (secondary N) is 2. The molecule has 6 nitrogen and oxygen atoms in total. The minimum absolute atomic E-state index is 0.0284. The van der Waals surface area contributed by atoms with Gasteiger partial charge < -0.3 is 20.1 Å². The molecule has 0 saturated carbocycles. The molecule has 0 aromatic heterocycles. The van der Waals surface area contributed by atoms with Gasteiger partial charge in [0.25, 0.3) is 0 Å². The molecular formula is C16H28N2O4. The van der Waals surface area contributed by atoms with Crippen molar-refractivity contribution in [3.05, 3.63) is 0 Å². The van der Waals surface area contributed by atoms with E-state index in [1.807, 2.05) is 0 Å². The Morgan fingerprint density at radius 1 is 1.05 bits per heavy atom.